The molecule has 0 bridgehead atoms. The molecule has 0 aliphatic rings. The highest BCUT2D eigenvalue weighted by molar-refractivity contribution is 8.76. The molecule has 2 N–H and O–H groups in total. The second kappa shape index (κ2) is 43.4. The lowest BCUT2D eigenvalue weighted by Crippen LogP contribution is -2.11. The van der Waals surface area contributed by atoms with E-state index in [0.29, 0.717) is 66.1 Å². The van der Waals surface area contributed by atoms with Gasteiger partial charge in [-0.25, -0.2) is 0 Å². The number of hydrogen-bond acceptors (Lipinski definition) is 10. The van der Waals surface area contributed by atoms with Gasteiger partial charge in [-0.15, -0.1) is 0 Å². The number of aliphatic hydroxyl groups excluding tert-OH is 2. The quantitative estimate of drug-likeness (QED) is 0.0504. The average molecular weight is 671 g/mol. The van der Waals surface area contributed by atoms with Crippen molar-refractivity contribution in [3.8, 4) is 0 Å². The number of aliphatic hydroxyl groups is 2. The Labute approximate surface area is 279 Å². The normalized spacial score (nSPS) is 11.6. The van der Waals surface area contributed by atoms with Crippen molar-refractivity contribution in [1.82, 2.24) is 0 Å². The Hall–Kier alpha value is 0.380. The molecule has 8 nitrogen and oxygen atoms in total. The van der Waals surface area contributed by atoms with Gasteiger partial charge in [-0.05, 0) is 25.7 Å². The Morgan fingerprint density at radius 3 is 0.773 bits per heavy atom. The van der Waals surface area contributed by atoms with E-state index in [-0.39, 0.29) is 13.2 Å². The van der Waals surface area contributed by atoms with Crippen molar-refractivity contribution in [2.24, 2.45) is 0 Å². The zero-order valence-electron chi connectivity index (χ0n) is 28.2. The number of ether oxygens (including phenoxy) is 6. The van der Waals surface area contributed by atoms with Crippen LogP contribution >= 0.6 is 21.6 Å². The molecule has 0 fully saturated rings. The van der Waals surface area contributed by atoms with Gasteiger partial charge in [0.25, 0.3) is 0 Å². The molecular formula is C34H70O8S2. The standard InChI is InChI=1S/C34H70O8S2/c35-19-23-39-27-31-41-29-25-37-21-15-11-7-3-1-5-9-13-17-33-43-44-34-18-14-10-6-2-4-8-12-16-22-38-26-30-42-32-28-40-24-20-36/h35-36H,1-34H2. The Bertz CT molecular complexity index is 452. The van der Waals surface area contributed by atoms with Gasteiger partial charge in [0.1, 0.15) is 0 Å². The number of unbranched alkanes of at least 4 members (excludes halogenated alkanes) is 16. The monoisotopic (exact) mass is 670 g/mol. The minimum atomic E-state index is 0.0642. The zero-order valence-corrected chi connectivity index (χ0v) is 29.8. The molecule has 0 aromatic carbocycles. The highest BCUT2D eigenvalue weighted by Gasteiger charge is 1.98. The SMILES string of the molecule is OCCOCCOCCOCCCCCCCCCCCSSCCCCCCCCCCCOCCOCCOCCO. The van der Waals surface area contributed by atoms with Gasteiger partial charge in [0.2, 0.25) is 0 Å². The van der Waals surface area contributed by atoms with E-state index in [9.17, 15) is 0 Å². The lowest BCUT2D eigenvalue weighted by Gasteiger charge is -2.06. The first-order valence-electron chi connectivity index (χ1n) is 17.8. The fourth-order valence-electron chi connectivity index (χ4n) is 4.54. The van der Waals surface area contributed by atoms with Crippen molar-refractivity contribution in [3.63, 3.8) is 0 Å². The minimum Gasteiger partial charge on any atom is -0.394 e. The van der Waals surface area contributed by atoms with E-state index in [1.54, 1.807) is 0 Å². The van der Waals surface area contributed by atoms with E-state index >= 15 is 0 Å². The maximum Gasteiger partial charge on any atom is 0.0701 e. The molecule has 0 unspecified atom stereocenters. The Balaban J connectivity index is 3.03. The van der Waals surface area contributed by atoms with Gasteiger partial charge in [0.05, 0.1) is 79.3 Å². The fraction of sp³-hybridized carbons (Fsp3) is 1.00. The molecule has 0 radical (unpaired) electrons. The van der Waals surface area contributed by atoms with Crippen molar-refractivity contribution in [1.29, 1.82) is 0 Å². The second-order valence-electron chi connectivity index (χ2n) is 11.1. The third-order valence-electron chi connectivity index (χ3n) is 7.08. The maximum atomic E-state index is 8.61. The van der Waals surface area contributed by atoms with E-state index in [1.165, 1.54) is 114 Å². The molecule has 0 spiro atoms. The summed E-state index contributed by atoms with van der Waals surface area (Å²) in [5.74, 6) is 2.63. The maximum absolute atomic E-state index is 8.61. The summed E-state index contributed by atoms with van der Waals surface area (Å²) >= 11 is 0. The Morgan fingerprint density at radius 1 is 0.250 bits per heavy atom. The molecule has 0 aromatic rings. The highest BCUT2D eigenvalue weighted by atomic mass is 33.1. The predicted octanol–water partition coefficient (Wildman–Crippen LogP) is 7.47. The van der Waals surface area contributed by atoms with Crippen LogP contribution in [0.15, 0.2) is 0 Å². The summed E-state index contributed by atoms with van der Waals surface area (Å²) < 4.78 is 32.3. The lowest BCUT2D eigenvalue weighted by molar-refractivity contribution is 0.00719. The van der Waals surface area contributed by atoms with E-state index in [0.717, 1.165) is 26.1 Å². The molecule has 0 amide bonds. The van der Waals surface area contributed by atoms with Crippen LogP contribution in [0.5, 0.6) is 0 Å². The molecule has 0 aromatic heterocycles. The third kappa shape index (κ3) is 42.4. The van der Waals surface area contributed by atoms with Crippen LogP contribution in [0, 0.1) is 0 Å². The molecule has 0 saturated carbocycles. The zero-order chi connectivity index (χ0) is 31.7. The van der Waals surface area contributed by atoms with E-state index in [1.807, 2.05) is 0 Å². The lowest BCUT2D eigenvalue weighted by atomic mass is 10.1. The molecular weight excluding hydrogens is 601 g/mol. The van der Waals surface area contributed by atoms with Gasteiger partial charge in [0, 0.05) is 24.7 Å². The molecule has 0 saturated heterocycles. The summed E-state index contributed by atoms with van der Waals surface area (Å²) in [6, 6.07) is 0. The van der Waals surface area contributed by atoms with Gasteiger partial charge in [-0.2, -0.15) is 0 Å². The van der Waals surface area contributed by atoms with E-state index in [4.69, 9.17) is 38.6 Å². The molecule has 0 heterocycles. The molecule has 266 valence electrons. The Kier molecular flexibility index (Phi) is 43.8. The summed E-state index contributed by atoms with van der Waals surface area (Å²) in [4.78, 5) is 0. The van der Waals surface area contributed by atoms with Gasteiger partial charge in [-0.1, -0.05) is 111 Å². The van der Waals surface area contributed by atoms with Crippen LogP contribution in [0.1, 0.15) is 116 Å². The summed E-state index contributed by atoms with van der Waals surface area (Å²) in [6.45, 7) is 7.28. The van der Waals surface area contributed by atoms with Crippen LogP contribution in [0.25, 0.3) is 0 Å². The van der Waals surface area contributed by atoms with Crippen molar-refractivity contribution >= 4 is 21.6 Å². The number of hydrogen-bond donors (Lipinski definition) is 2. The largest absolute Gasteiger partial charge is 0.394 e. The van der Waals surface area contributed by atoms with Crippen molar-refractivity contribution in [2.45, 2.75) is 116 Å². The number of rotatable bonds is 41. The first-order chi connectivity index (χ1) is 21.9. The summed E-state index contributed by atoms with van der Waals surface area (Å²) in [7, 11) is 4.17. The van der Waals surface area contributed by atoms with E-state index < -0.39 is 0 Å². The van der Waals surface area contributed by atoms with Crippen LogP contribution in [0.2, 0.25) is 0 Å². The first-order valence-corrected chi connectivity index (χ1v) is 20.3. The van der Waals surface area contributed by atoms with Crippen LogP contribution in [0.4, 0.5) is 0 Å². The average Bonchev–Trinajstić information content (AvgIpc) is 3.04. The van der Waals surface area contributed by atoms with Crippen LogP contribution in [0.3, 0.4) is 0 Å². The summed E-state index contributed by atoms with van der Waals surface area (Å²) in [5.41, 5.74) is 0. The molecule has 0 atom stereocenters. The summed E-state index contributed by atoms with van der Waals surface area (Å²) in [5, 5.41) is 17.2. The smallest absolute Gasteiger partial charge is 0.0701 e. The topological polar surface area (TPSA) is 95.8 Å². The van der Waals surface area contributed by atoms with Crippen molar-refractivity contribution in [2.75, 3.05) is 104 Å². The summed E-state index contributed by atoms with van der Waals surface area (Å²) in [6.07, 6.45) is 24.1. The molecule has 10 heteroatoms. The highest BCUT2D eigenvalue weighted by Crippen LogP contribution is 2.25. The van der Waals surface area contributed by atoms with Gasteiger partial charge < -0.3 is 38.6 Å². The minimum absolute atomic E-state index is 0.0642. The van der Waals surface area contributed by atoms with E-state index in [2.05, 4.69) is 21.6 Å². The molecule has 0 aliphatic heterocycles. The third-order valence-corrected chi connectivity index (χ3v) is 9.65. The second-order valence-corrected chi connectivity index (χ2v) is 13.8. The van der Waals surface area contributed by atoms with Crippen molar-refractivity contribution in [3.05, 3.63) is 0 Å². The first kappa shape index (κ1) is 44.4. The van der Waals surface area contributed by atoms with Crippen LogP contribution < -0.4 is 0 Å². The van der Waals surface area contributed by atoms with Crippen LogP contribution in [-0.2, 0) is 28.4 Å². The van der Waals surface area contributed by atoms with Gasteiger partial charge in [0.15, 0.2) is 0 Å². The molecule has 0 aliphatic carbocycles. The fourth-order valence-corrected chi connectivity index (χ4v) is 6.83. The predicted molar refractivity (Wildman–Crippen MR) is 187 cm³/mol. The van der Waals surface area contributed by atoms with Crippen molar-refractivity contribution < 1.29 is 38.6 Å². The van der Waals surface area contributed by atoms with Gasteiger partial charge in [-0.3, -0.25) is 0 Å². The molecule has 0 rings (SSSR count). The Morgan fingerprint density at radius 2 is 0.477 bits per heavy atom. The molecule has 44 heavy (non-hydrogen) atoms. The van der Waals surface area contributed by atoms with Gasteiger partial charge >= 0.3 is 0 Å². The van der Waals surface area contributed by atoms with Crippen LogP contribution in [-0.4, -0.2) is 114 Å².